The maximum atomic E-state index is 11.9. The van der Waals surface area contributed by atoms with Gasteiger partial charge in [-0.3, -0.25) is 14.4 Å². The van der Waals surface area contributed by atoms with Crippen molar-refractivity contribution in [1.82, 2.24) is 5.06 Å². The van der Waals surface area contributed by atoms with Crippen LogP contribution in [0.5, 0.6) is 0 Å². The molecule has 2 amide bonds. The predicted molar refractivity (Wildman–Crippen MR) is 75.2 cm³/mol. The van der Waals surface area contributed by atoms with Crippen LogP contribution in [0.25, 0.3) is 0 Å². The van der Waals surface area contributed by atoms with E-state index in [2.05, 4.69) is 15.9 Å². The lowest BCUT2D eigenvalue weighted by Gasteiger charge is -2.12. The molecule has 19 heavy (non-hydrogen) atoms. The summed E-state index contributed by atoms with van der Waals surface area (Å²) in [5.41, 5.74) is 0.846. The second kappa shape index (κ2) is 6.82. The van der Waals surface area contributed by atoms with Crippen LogP contribution in [-0.4, -0.2) is 28.8 Å². The van der Waals surface area contributed by atoms with E-state index in [1.54, 1.807) is 24.3 Å². The number of alkyl halides is 1. The molecule has 0 spiro atoms. The zero-order valence-corrected chi connectivity index (χ0v) is 12.2. The monoisotopic (exact) mass is 325 g/mol. The van der Waals surface area contributed by atoms with Crippen molar-refractivity contribution in [3.63, 3.8) is 0 Å². The SMILES string of the molecule is O=C1c2ccccc2C(=O)N1OCCCCCCBr. The number of fused-ring (bicyclic) bond motifs is 1. The van der Waals surface area contributed by atoms with Gasteiger partial charge in [0, 0.05) is 5.33 Å². The molecule has 1 aliphatic heterocycles. The van der Waals surface area contributed by atoms with Crippen LogP contribution in [0.1, 0.15) is 46.4 Å². The Kier molecular flexibility index (Phi) is 5.10. The van der Waals surface area contributed by atoms with Crippen LogP contribution in [0.4, 0.5) is 0 Å². The summed E-state index contributed by atoms with van der Waals surface area (Å²) in [7, 11) is 0. The number of hydroxylamine groups is 2. The van der Waals surface area contributed by atoms with Crippen molar-refractivity contribution in [2.45, 2.75) is 25.7 Å². The number of imide groups is 1. The van der Waals surface area contributed by atoms with Gasteiger partial charge in [-0.15, -0.1) is 5.06 Å². The van der Waals surface area contributed by atoms with Gasteiger partial charge in [0.05, 0.1) is 17.7 Å². The third-order valence-corrected chi connectivity index (χ3v) is 3.57. The van der Waals surface area contributed by atoms with Gasteiger partial charge in [0.1, 0.15) is 0 Å². The van der Waals surface area contributed by atoms with Crippen LogP contribution >= 0.6 is 15.9 Å². The second-order valence-electron chi connectivity index (χ2n) is 4.39. The first-order chi connectivity index (χ1) is 9.25. The normalized spacial score (nSPS) is 14.1. The zero-order valence-electron chi connectivity index (χ0n) is 10.6. The van der Waals surface area contributed by atoms with Crippen molar-refractivity contribution >= 4 is 27.7 Å². The zero-order chi connectivity index (χ0) is 13.7. The van der Waals surface area contributed by atoms with Gasteiger partial charge in [0.15, 0.2) is 0 Å². The quantitative estimate of drug-likeness (QED) is 0.439. The van der Waals surface area contributed by atoms with E-state index < -0.39 is 0 Å². The lowest BCUT2D eigenvalue weighted by molar-refractivity contribution is -0.0922. The molecule has 0 aromatic heterocycles. The molecular formula is C14H16BrNO3. The predicted octanol–water partition coefficient (Wildman–Crippen LogP) is 3.17. The number of carbonyl (C=O) groups excluding carboxylic acids is 2. The smallest absolute Gasteiger partial charge is 0.266 e. The maximum Gasteiger partial charge on any atom is 0.285 e. The topological polar surface area (TPSA) is 46.6 Å². The van der Waals surface area contributed by atoms with Crippen LogP contribution < -0.4 is 0 Å². The highest BCUT2D eigenvalue weighted by Crippen LogP contribution is 2.22. The van der Waals surface area contributed by atoms with E-state index in [9.17, 15) is 9.59 Å². The van der Waals surface area contributed by atoms with Crippen LogP contribution in [0.2, 0.25) is 0 Å². The number of hydrogen-bond donors (Lipinski definition) is 0. The van der Waals surface area contributed by atoms with E-state index in [0.717, 1.165) is 36.1 Å². The highest BCUT2D eigenvalue weighted by molar-refractivity contribution is 9.09. The Hall–Kier alpha value is -1.20. The molecule has 0 saturated carbocycles. The first-order valence-corrected chi connectivity index (χ1v) is 7.54. The Balaban J connectivity index is 1.83. The summed E-state index contributed by atoms with van der Waals surface area (Å²) in [6, 6.07) is 6.78. The third-order valence-electron chi connectivity index (χ3n) is 3.01. The second-order valence-corrected chi connectivity index (χ2v) is 5.18. The molecule has 2 rings (SSSR count). The molecule has 0 radical (unpaired) electrons. The maximum absolute atomic E-state index is 11.9. The van der Waals surface area contributed by atoms with Crippen LogP contribution in [-0.2, 0) is 4.84 Å². The van der Waals surface area contributed by atoms with E-state index in [0.29, 0.717) is 17.7 Å². The van der Waals surface area contributed by atoms with Crippen molar-refractivity contribution in [3.8, 4) is 0 Å². The number of benzene rings is 1. The summed E-state index contributed by atoms with van der Waals surface area (Å²) in [5, 5.41) is 1.89. The molecular weight excluding hydrogens is 310 g/mol. The van der Waals surface area contributed by atoms with Gasteiger partial charge in [0.2, 0.25) is 0 Å². The van der Waals surface area contributed by atoms with E-state index in [1.165, 1.54) is 0 Å². The summed E-state index contributed by atoms with van der Waals surface area (Å²) in [6.07, 6.45) is 4.14. The molecule has 1 aromatic carbocycles. The fourth-order valence-corrected chi connectivity index (χ4v) is 2.39. The first kappa shape index (κ1) is 14.2. The minimum Gasteiger partial charge on any atom is -0.266 e. The van der Waals surface area contributed by atoms with E-state index in [-0.39, 0.29) is 11.8 Å². The number of hydrogen-bond acceptors (Lipinski definition) is 3. The molecule has 0 bridgehead atoms. The molecule has 1 heterocycles. The lowest BCUT2D eigenvalue weighted by atomic mass is 10.1. The van der Waals surface area contributed by atoms with Crippen molar-refractivity contribution in [2.24, 2.45) is 0 Å². The Morgan fingerprint density at radius 3 is 2.11 bits per heavy atom. The Bertz CT molecular complexity index is 441. The number of amides is 2. The lowest BCUT2D eigenvalue weighted by Crippen LogP contribution is -2.30. The van der Waals surface area contributed by atoms with Gasteiger partial charge in [0.25, 0.3) is 11.8 Å². The van der Waals surface area contributed by atoms with Crippen molar-refractivity contribution < 1.29 is 14.4 Å². The van der Waals surface area contributed by atoms with Crippen LogP contribution in [0, 0.1) is 0 Å². The van der Waals surface area contributed by atoms with E-state index >= 15 is 0 Å². The Morgan fingerprint density at radius 1 is 0.947 bits per heavy atom. The molecule has 0 N–H and O–H groups in total. The summed E-state index contributed by atoms with van der Waals surface area (Å²) in [6.45, 7) is 0.397. The van der Waals surface area contributed by atoms with Gasteiger partial charge in [-0.25, -0.2) is 0 Å². The standard InChI is InChI=1S/C14H16BrNO3/c15-9-5-1-2-6-10-19-16-13(17)11-7-3-4-8-12(11)14(16)18/h3-4,7-8H,1-2,5-6,9-10H2. The highest BCUT2D eigenvalue weighted by atomic mass is 79.9. The molecule has 0 fully saturated rings. The summed E-state index contributed by atoms with van der Waals surface area (Å²) >= 11 is 3.38. The fourth-order valence-electron chi connectivity index (χ4n) is 1.99. The average molecular weight is 326 g/mol. The van der Waals surface area contributed by atoms with Gasteiger partial charge in [-0.2, -0.15) is 0 Å². The molecule has 102 valence electrons. The van der Waals surface area contributed by atoms with Gasteiger partial charge >= 0.3 is 0 Å². The molecule has 5 heteroatoms. The van der Waals surface area contributed by atoms with Crippen molar-refractivity contribution in [1.29, 1.82) is 0 Å². The summed E-state index contributed by atoms with van der Waals surface area (Å²) < 4.78 is 0. The fraction of sp³-hybridized carbons (Fsp3) is 0.429. The number of unbranched alkanes of at least 4 members (excludes halogenated alkanes) is 3. The van der Waals surface area contributed by atoms with Crippen LogP contribution in [0.15, 0.2) is 24.3 Å². The summed E-state index contributed by atoms with van der Waals surface area (Å²) in [5.74, 6) is -0.720. The van der Waals surface area contributed by atoms with Crippen LogP contribution in [0.3, 0.4) is 0 Å². The molecule has 0 unspecified atom stereocenters. The number of carbonyl (C=O) groups is 2. The minimum atomic E-state index is -0.360. The van der Waals surface area contributed by atoms with E-state index in [1.807, 2.05) is 0 Å². The number of rotatable bonds is 7. The highest BCUT2D eigenvalue weighted by Gasteiger charge is 2.36. The Morgan fingerprint density at radius 2 is 1.53 bits per heavy atom. The van der Waals surface area contributed by atoms with Gasteiger partial charge < -0.3 is 0 Å². The first-order valence-electron chi connectivity index (χ1n) is 6.42. The van der Waals surface area contributed by atoms with E-state index in [4.69, 9.17) is 4.84 Å². The number of nitrogens with zero attached hydrogens (tertiary/aromatic N) is 1. The Labute approximate surface area is 120 Å². The minimum absolute atomic E-state index is 0.360. The largest absolute Gasteiger partial charge is 0.285 e. The molecule has 0 atom stereocenters. The van der Waals surface area contributed by atoms with Crippen molar-refractivity contribution in [2.75, 3.05) is 11.9 Å². The molecule has 0 aliphatic carbocycles. The molecule has 4 nitrogen and oxygen atoms in total. The molecule has 1 aromatic rings. The third kappa shape index (κ3) is 3.22. The average Bonchev–Trinajstić information content (AvgIpc) is 2.68. The molecule has 1 aliphatic rings. The number of halogens is 1. The molecule has 0 saturated heterocycles. The summed E-state index contributed by atoms with van der Waals surface area (Å²) in [4.78, 5) is 29.2. The van der Waals surface area contributed by atoms with Gasteiger partial charge in [-0.05, 0) is 25.0 Å². The van der Waals surface area contributed by atoms with Gasteiger partial charge in [-0.1, -0.05) is 40.9 Å². The van der Waals surface area contributed by atoms with Crippen molar-refractivity contribution in [3.05, 3.63) is 35.4 Å².